The molecule has 6 heteroatoms. The molecule has 3 aromatic heterocycles. The van der Waals surface area contributed by atoms with Gasteiger partial charge in [0.25, 0.3) is 0 Å². The molecule has 46 heavy (non-hydrogen) atoms. The summed E-state index contributed by atoms with van der Waals surface area (Å²) in [6, 6.07) is 40.7. The topological polar surface area (TPSA) is 25.8 Å². The summed E-state index contributed by atoms with van der Waals surface area (Å²) in [5.41, 5.74) is 7.69. The third kappa shape index (κ3) is 7.11. The number of pyridine rings is 2. The molecule has 0 amide bonds. The second kappa shape index (κ2) is 14.3. The summed E-state index contributed by atoms with van der Waals surface area (Å²) < 4.78 is 15.9. The van der Waals surface area contributed by atoms with Gasteiger partial charge in [0.05, 0.1) is 12.8 Å². The van der Waals surface area contributed by atoms with Gasteiger partial charge in [-0.3, -0.25) is 0 Å². The second-order valence-corrected chi connectivity index (χ2v) is 18.5. The Balaban J connectivity index is 0.000000178. The van der Waals surface area contributed by atoms with Crippen molar-refractivity contribution in [2.75, 3.05) is 0 Å². The van der Waals surface area contributed by atoms with Gasteiger partial charge < -0.3 is 9.97 Å². The van der Waals surface area contributed by atoms with E-state index in [4.69, 9.17) is 4.98 Å². The van der Waals surface area contributed by atoms with Crippen molar-refractivity contribution in [3.63, 3.8) is 0 Å². The molecule has 2 nitrogen and oxygen atoms in total. The minimum Gasteiger partial charge on any atom is -0.305 e. The van der Waals surface area contributed by atoms with Gasteiger partial charge in [0, 0.05) is 32.5 Å². The number of benzene rings is 4. The number of hydrogen-bond donors (Lipinski definition) is 0. The third-order valence-corrected chi connectivity index (χ3v) is 11.2. The molecule has 4 aromatic carbocycles. The summed E-state index contributed by atoms with van der Waals surface area (Å²) in [5.74, 6) is 0.273. The Morgan fingerprint density at radius 1 is 0.739 bits per heavy atom. The molecule has 0 aliphatic rings. The van der Waals surface area contributed by atoms with Crippen LogP contribution in [0.2, 0.25) is 19.6 Å². The van der Waals surface area contributed by atoms with Crippen LogP contribution in [0, 0.1) is 17.9 Å². The molecule has 0 saturated heterocycles. The zero-order valence-corrected chi connectivity index (χ0v) is 30.8. The molecule has 7 aromatic rings. The van der Waals surface area contributed by atoms with E-state index < -0.39 is 8.07 Å². The first-order valence-corrected chi connectivity index (χ1v) is 19.5. The molecule has 0 saturated carbocycles. The second-order valence-electron chi connectivity index (χ2n) is 12.5. The molecule has 0 unspecified atom stereocenters. The summed E-state index contributed by atoms with van der Waals surface area (Å²) in [4.78, 5) is 9.22. The zero-order valence-electron chi connectivity index (χ0n) is 26.6. The van der Waals surface area contributed by atoms with Gasteiger partial charge in [0.15, 0.2) is 0 Å². The van der Waals surface area contributed by atoms with Crippen LogP contribution < -0.4 is 5.19 Å². The Hall–Kier alpha value is -3.80. The van der Waals surface area contributed by atoms with Crippen molar-refractivity contribution in [2.45, 2.75) is 39.4 Å². The fourth-order valence-corrected chi connectivity index (χ4v) is 8.16. The van der Waals surface area contributed by atoms with Gasteiger partial charge in [-0.05, 0) is 55.8 Å². The SMILES string of the molecule is CC(C)c1ccnc(-c2[c-]ccc3c2sc2c(F)cccc23)c1.C[Si](C)(C)c1cnc(-c2[c-]cccc2)cc1-c1ccccc1.[Ir]. The molecule has 7 rings (SSSR count). The number of halogens is 1. The Morgan fingerprint density at radius 2 is 1.50 bits per heavy atom. The molecule has 0 atom stereocenters. The maximum Gasteiger partial charge on any atom is 0.140 e. The van der Waals surface area contributed by atoms with E-state index in [9.17, 15) is 4.39 Å². The molecule has 0 bridgehead atoms. The Kier molecular flexibility index (Phi) is 10.4. The summed E-state index contributed by atoms with van der Waals surface area (Å²) in [6.45, 7) is 11.4. The number of nitrogens with zero attached hydrogens (tertiary/aromatic N) is 2. The molecule has 0 aliphatic heterocycles. The summed E-state index contributed by atoms with van der Waals surface area (Å²) in [5, 5.41) is 3.42. The van der Waals surface area contributed by atoms with Crippen LogP contribution in [0.4, 0.5) is 4.39 Å². The fraction of sp³-hybridized carbons (Fsp3) is 0.150. The minimum atomic E-state index is -1.46. The molecule has 0 spiro atoms. The predicted octanol–water partition coefficient (Wildman–Crippen LogP) is 10.9. The van der Waals surface area contributed by atoms with E-state index in [1.807, 2.05) is 48.7 Å². The first-order valence-electron chi connectivity index (χ1n) is 15.2. The largest absolute Gasteiger partial charge is 0.305 e. The maximum atomic E-state index is 14.1. The van der Waals surface area contributed by atoms with E-state index in [-0.39, 0.29) is 25.9 Å². The third-order valence-electron chi connectivity index (χ3n) is 7.90. The standard InChI is InChI=1S/C20H15FNS.C20H20NSi.Ir/c1-12(2)13-9-10-22-18(11-13)16-7-3-5-14-15-6-4-8-17(21)20(15)23-19(14)16;1-22(2,3)20-15-21-19(17-12-8-5-9-13-17)14-18(20)16-10-6-4-7-11-16;/h3-6,8-12H,1-2H3;4-12,14-15H,1-3H3;/q2*-1;. The van der Waals surface area contributed by atoms with Crippen molar-refractivity contribution in [1.82, 2.24) is 9.97 Å². The van der Waals surface area contributed by atoms with Crippen molar-refractivity contribution >= 4 is 44.8 Å². The minimum absolute atomic E-state index is 0. The summed E-state index contributed by atoms with van der Waals surface area (Å²) in [7, 11) is -1.46. The van der Waals surface area contributed by atoms with Crippen LogP contribution in [-0.2, 0) is 20.1 Å². The van der Waals surface area contributed by atoms with E-state index in [1.54, 1.807) is 6.07 Å². The molecular weight excluding hydrogens is 780 g/mol. The van der Waals surface area contributed by atoms with Crippen molar-refractivity contribution < 1.29 is 24.5 Å². The van der Waals surface area contributed by atoms with Gasteiger partial charge >= 0.3 is 0 Å². The Morgan fingerprint density at radius 3 is 2.22 bits per heavy atom. The first kappa shape index (κ1) is 33.6. The number of hydrogen-bond acceptors (Lipinski definition) is 3. The summed E-state index contributed by atoms with van der Waals surface area (Å²) >= 11 is 1.48. The van der Waals surface area contributed by atoms with Crippen LogP contribution in [0.5, 0.6) is 0 Å². The van der Waals surface area contributed by atoms with E-state index >= 15 is 0 Å². The van der Waals surface area contributed by atoms with Crippen LogP contribution >= 0.6 is 11.3 Å². The van der Waals surface area contributed by atoms with Crippen molar-refractivity contribution in [2.24, 2.45) is 0 Å². The van der Waals surface area contributed by atoms with Crippen LogP contribution in [0.25, 0.3) is 53.8 Å². The monoisotopic (exact) mass is 815 g/mol. The average Bonchev–Trinajstić information content (AvgIpc) is 3.46. The molecule has 0 fully saturated rings. The first-order chi connectivity index (χ1) is 21.7. The van der Waals surface area contributed by atoms with Crippen molar-refractivity contribution in [3.8, 4) is 33.6 Å². The van der Waals surface area contributed by atoms with Crippen LogP contribution in [0.1, 0.15) is 25.3 Å². The quantitative estimate of drug-likeness (QED) is 0.128. The maximum absolute atomic E-state index is 14.1. The van der Waals surface area contributed by atoms with Gasteiger partial charge in [-0.2, -0.15) is 11.3 Å². The number of aromatic nitrogens is 2. The van der Waals surface area contributed by atoms with E-state index in [2.05, 4.69) is 105 Å². The molecule has 233 valence electrons. The van der Waals surface area contributed by atoms with Crippen LogP contribution in [0.3, 0.4) is 0 Å². The number of fused-ring (bicyclic) bond motifs is 3. The molecular formula is C40H35FIrN2SSi-2. The van der Waals surface area contributed by atoms with Crippen molar-refractivity contribution in [1.29, 1.82) is 0 Å². The van der Waals surface area contributed by atoms with Crippen LogP contribution in [0.15, 0.2) is 116 Å². The van der Waals surface area contributed by atoms with Gasteiger partial charge in [0.2, 0.25) is 0 Å². The number of thiophene rings is 1. The zero-order chi connectivity index (χ0) is 31.6. The van der Waals surface area contributed by atoms with Gasteiger partial charge in [-0.25, -0.2) is 4.39 Å². The normalized spacial score (nSPS) is 11.3. The van der Waals surface area contributed by atoms with Gasteiger partial charge in [-0.15, -0.1) is 59.7 Å². The van der Waals surface area contributed by atoms with Gasteiger partial charge in [-0.1, -0.05) is 99.0 Å². The smallest absolute Gasteiger partial charge is 0.140 e. The summed E-state index contributed by atoms with van der Waals surface area (Å²) in [6.07, 6.45) is 3.91. The Labute approximate surface area is 289 Å². The van der Waals surface area contributed by atoms with E-state index in [0.717, 1.165) is 38.0 Å². The predicted molar refractivity (Wildman–Crippen MR) is 192 cm³/mol. The van der Waals surface area contributed by atoms with E-state index in [1.165, 1.54) is 39.3 Å². The van der Waals surface area contributed by atoms with Crippen LogP contribution in [-0.4, -0.2) is 18.0 Å². The Bertz CT molecular complexity index is 2090. The molecule has 0 N–H and O–H groups in total. The average molecular weight is 815 g/mol. The molecule has 0 aliphatic carbocycles. The van der Waals surface area contributed by atoms with Crippen molar-refractivity contribution in [3.05, 3.63) is 139 Å². The number of rotatable bonds is 5. The van der Waals surface area contributed by atoms with Gasteiger partial charge in [0.1, 0.15) is 5.82 Å². The fourth-order valence-electron chi connectivity index (χ4n) is 5.47. The molecule has 1 radical (unpaired) electrons. The van der Waals surface area contributed by atoms with E-state index in [0.29, 0.717) is 10.6 Å². The molecule has 3 heterocycles.